The SMILES string of the molecule is CCOP(=O)(c1cc(C)cc(C)c1)c1c(C(=O)O)[nH]c2ccc(Cl)cc12. The summed E-state index contributed by atoms with van der Waals surface area (Å²) in [4.78, 5) is 14.7. The number of fused-ring (bicyclic) bond motifs is 1. The zero-order chi connectivity index (χ0) is 19.1. The fraction of sp³-hybridized carbons (Fsp3) is 0.211. The molecule has 0 aliphatic rings. The molecule has 0 radical (unpaired) electrons. The van der Waals surface area contributed by atoms with Crippen molar-refractivity contribution in [1.82, 2.24) is 4.98 Å². The molecule has 1 atom stereocenters. The summed E-state index contributed by atoms with van der Waals surface area (Å²) in [6, 6.07) is 10.5. The molecule has 0 saturated heterocycles. The number of carboxylic acids is 1. The van der Waals surface area contributed by atoms with Crippen LogP contribution in [0.15, 0.2) is 36.4 Å². The molecule has 7 heteroatoms. The van der Waals surface area contributed by atoms with Gasteiger partial charge in [0.25, 0.3) is 7.37 Å². The molecule has 5 nitrogen and oxygen atoms in total. The van der Waals surface area contributed by atoms with Crippen LogP contribution in [0.5, 0.6) is 0 Å². The highest BCUT2D eigenvalue weighted by Gasteiger charge is 2.36. The van der Waals surface area contributed by atoms with Gasteiger partial charge in [0.15, 0.2) is 0 Å². The second kappa shape index (κ2) is 6.92. The largest absolute Gasteiger partial charge is 0.477 e. The van der Waals surface area contributed by atoms with Gasteiger partial charge in [-0.3, -0.25) is 4.57 Å². The van der Waals surface area contributed by atoms with Gasteiger partial charge in [0, 0.05) is 21.2 Å². The van der Waals surface area contributed by atoms with Crippen LogP contribution < -0.4 is 10.6 Å². The van der Waals surface area contributed by atoms with Crippen molar-refractivity contribution in [1.29, 1.82) is 0 Å². The summed E-state index contributed by atoms with van der Waals surface area (Å²) in [7, 11) is -3.66. The molecule has 2 aromatic carbocycles. The van der Waals surface area contributed by atoms with Crippen LogP contribution in [0.2, 0.25) is 5.02 Å². The molecule has 3 rings (SSSR count). The van der Waals surface area contributed by atoms with Gasteiger partial charge in [-0.25, -0.2) is 4.79 Å². The second-order valence-corrected chi connectivity index (χ2v) is 8.92. The minimum absolute atomic E-state index is 0.141. The number of aromatic amines is 1. The highest BCUT2D eigenvalue weighted by Crippen LogP contribution is 2.48. The number of carbonyl (C=O) groups is 1. The van der Waals surface area contributed by atoms with Crippen molar-refractivity contribution >= 4 is 46.5 Å². The summed E-state index contributed by atoms with van der Waals surface area (Å²) in [6.07, 6.45) is 0. The Morgan fingerprint density at radius 1 is 1.19 bits per heavy atom. The molecule has 3 aromatic rings. The first kappa shape index (κ1) is 18.7. The highest BCUT2D eigenvalue weighted by atomic mass is 35.5. The molecular weight excluding hydrogens is 373 g/mol. The minimum Gasteiger partial charge on any atom is -0.477 e. The van der Waals surface area contributed by atoms with Gasteiger partial charge in [0.1, 0.15) is 5.69 Å². The van der Waals surface area contributed by atoms with Crippen LogP contribution >= 0.6 is 19.0 Å². The van der Waals surface area contributed by atoms with Crippen LogP contribution in [0.3, 0.4) is 0 Å². The van der Waals surface area contributed by atoms with E-state index in [9.17, 15) is 14.5 Å². The molecule has 0 bridgehead atoms. The molecule has 2 N–H and O–H groups in total. The second-order valence-electron chi connectivity index (χ2n) is 6.16. The lowest BCUT2D eigenvalue weighted by Gasteiger charge is -2.20. The van der Waals surface area contributed by atoms with Gasteiger partial charge in [-0.05, 0) is 51.1 Å². The Labute approximate surface area is 156 Å². The lowest BCUT2D eigenvalue weighted by Crippen LogP contribution is -2.23. The molecule has 0 aliphatic heterocycles. The third kappa shape index (κ3) is 3.18. The molecule has 26 heavy (non-hydrogen) atoms. The van der Waals surface area contributed by atoms with Gasteiger partial charge in [0.05, 0.1) is 11.9 Å². The lowest BCUT2D eigenvalue weighted by atomic mass is 10.2. The fourth-order valence-corrected chi connectivity index (χ4v) is 5.95. The Kier molecular flexibility index (Phi) is 4.98. The highest BCUT2D eigenvalue weighted by molar-refractivity contribution is 7.75. The Morgan fingerprint density at radius 2 is 1.85 bits per heavy atom. The summed E-state index contributed by atoms with van der Waals surface area (Å²) in [5.74, 6) is -1.20. The topological polar surface area (TPSA) is 79.4 Å². The summed E-state index contributed by atoms with van der Waals surface area (Å²) < 4.78 is 19.8. The number of hydrogen-bond acceptors (Lipinski definition) is 3. The molecule has 0 aliphatic carbocycles. The molecule has 0 spiro atoms. The van der Waals surface area contributed by atoms with E-state index < -0.39 is 13.3 Å². The molecule has 0 saturated carbocycles. The maximum Gasteiger partial charge on any atom is 0.353 e. The average molecular weight is 392 g/mol. The number of halogens is 1. The van der Waals surface area contributed by atoms with Crippen molar-refractivity contribution in [3.8, 4) is 0 Å². The van der Waals surface area contributed by atoms with Crippen molar-refractivity contribution in [3.05, 3.63) is 58.2 Å². The summed E-state index contributed by atoms with van der Waals surface area (Å²) in [5.41, 5.74) is 2.26. The third-order valence-corrected chi connectivity index (χ3v) is 6.95. The van der Waals surface area contributed by atoms with Crippen molar-refractivity contribution in [3.63, 3.8) is 0 Å². The van der Waals surface area contributed by atoms with Crippen LogP contribution in [0.4, 0.5) is 0 Å². The number of carboxylic acid groups (broad SMARTS) is 1. The number of benzene rings is 2. The van der Waals surface area contributed by atoms with E-state index in [1.807, 2.05) is 19.9 Å². The van der Waals surface area contributed by atoms with Gasteiger partial charge < -0.3 is 14.6 Å². The number of hydrogen-bond donors (Lipinski definition) is 2. The number of nitrogens with one attached hydrogen (secondary N) is 1. The Bertz CT molecular complexity index is 1040. The van der Waals surface area contributed by atoms with Gasteiger partial charge in [0.2, 0.25) is 0 Å². The van der Waals surface area contributed by atoms with Gasteiger partial charge in [-0.15, -0.1) is 0 Å². The predicted octanol–water partition coefficient (Wildman–Crippen LogP) is 4.40. The van der Waals surface area contributed by atoms with Crippen molar-refractivity contribution < 1.29 is 19.0 Å². The van der Waals surface area contributed by atoms with Crippen LogP contribution in [0.25, 0.3) is 10.9 Å². The Balaban J connectivity index is 2.42. The first-order chi connectivity index (χ1) is 12.3. The molecule has 0 amide bonds. The van der Waals surface area contributed by atoms with Crippen molar-refractivity contribution in [2.24, 2.45) is 0 Å². The first-order valence-electron chi connectivity index (χ1n) is 8.14. The molecule has 1 heterocycles. The van der Waals surface area contributed by atoms with E-state index in [1.54, 1.807) is 37.3 Å². The van der Waals surface area contributed by atoms with E-state index in [2.05, 4.69) is 4.98 Å². The average Bonchev–Trinajstić information content (AvgIpc) is 2.93. The van der Waals surface area contributed by atoms with Crippen LogP contribution in [0, 0.1) is 13.8 Å². The molecule has 1 unspecified atom stereocenters. The summed E-state index contributed by atoms with van der Waals surface area (Å²) in [6.45, 7) is 5.71. The number of aryl methyl sites for hydroxylation is 2. The summed E-state index contributed by atoms with van der Waals surface area (Å²) in [5, 5.41) is 11.2. The van der Waals surface area contributed by atoms with Gasteiger partial charge >= 0.3 is 5.97 Å². The molecular formula is C19H19ClNO4P. The predicted molar refractivity (Wildman–Crippen MR) is 105 cm³/mol. The van der Waals surface area contributed by atoms with E-state index in [-0.39, 0.29) is 17.6 Å². The maximum atomic E-state index is 14.1. The van der Waals surface area contributed by atoms with E-state index >= 15 is 0 Å². The van der Waals surface area contributed by atoms with Crippen LogP contribution in [-0.4, -0.2) is 22.7 Å². The van der Waals surface area contributed by atoms with Crippen LogP contribution in [0.1, 0.15) is 28.5 Å². The quantitative estimate of drug-likeness (QED) is 0.632. The minimum atomic E-state index is -3.66. The van der Waals surface area contributed by atoms with E-state index in [0.717, 1.165) is 11.1 Å². The van der Waals surface area contributed by atoms with E-state index in [0.29, 0.717) is 21.2 Å². The number of H-pyrrole nitrogens is 1. The van der Waals surface area contributed by atoms with E-state index in [1.165, 1.54) is 0 Å². The molecule has 1 aromatic heterocycles. The zero-order valence-electron chi connectivity index (χ0n) is 14.7. The maximum absolute atomic E-state index is 14.1. The first-order valence-corrected chi connectivity index (χ1v) is 10.1. The number of aromatic carboxylic acids is 1. The number of aromatic nitrogens is 1. The summed E-state index contributed by atoms with van der Waals surface area (Å²) >= 11 is 6.11. The van der Waals surface area contributed by atoms with Crippen molar-refractivity contribution in [2.45, 2.75) is 20.8 Å². The standard InChI is InChI=1S/C19H19ClNO4P/c1-4-25-26(24,14-8-11(2)7-12(3)9-14)18-15-10-13(20)5-6-16(15)21-17(18)19(22)23/h5-10,21H,4H2,1-3H3,(H,22,23). The molecule has 0 fully saturated rings. The molecule has 136 valence electrons. The third-order valence-electron chi connectivity index (χ3n) is 4.10. The monoisotopic (exact) mass is 391 g/mol. The van der Waals surface area contributed by atoms with Gasteiger partial charge in [-0.2, -0.15) is 0 Å². The zero-order valence-corrected chi connectivity index (χ0v) is 16.3. The van der Waals surface area contributed by atoms with Gasteiger partial charge in [-0.1, -0.05) is 28.8 Å². The normalized spacial score (nSPS) is 13.7. The lowest BCUT2D eigenvalue weighted by molar-refractivity contribution is 0.0692. The fourth-order valence-electron chi connectivity index (χ4n) is 3.18. The Morgan fingerprint density at radius 3 is 2.42 bits per heavy atom. The van der Waals surface area contributed by atoms with E-state index in [4.69, 9.17) is 16.1 Å². The van der Waals surface area contributed by atoms with Crippen molar-refractivity contribution in [2.75, 3.05) is 6.61 Å². The number of rotatable bonds is 5. The smallest absolute Gasteiger partial charge is 0.353 e. The van der Waals surface area contributed by atoms with Crippen LogP contribution in [-0.2, 0) is 9.09 Å². The Hall–Kier alpha value is -2.07.